The smallest absolute Gasteiger partial charge is 0.245 e. The highest BCUT2D eigenvalue weighted by atomic mass is 32.2. The van der Waals surface area contributed by atoms with Crippen molar-refractivity contribution in [2.24, 2.45) is 0 Å². The van der Waals surface area contributed by atoms with E-state index in [1.807, 2.05) is 24.3 Å². The summed E-state index contributed by atoms with van der Waals surface area (Å²) in [6.07, 6.45) is 0.0788. The largest absolute Gasteiger partial charge is 0.497 e. The van der Waals surface area contributed by atoms with Crippen LogP contribution in [0.1, 0.15) is 17.4 Å². The van der Waals surface area contributed by atoms with Gasteiger partial charge in [-0.15, -0.1) is 11.8 Å². The van der Waals surface area contributed by atoms with Crippen LogP contribution >= 0.6 is 11.8 Å². The van der Waals surface area contributed by atoms with Crippen molar-refractivity contribution < 1.29 is 19.5 Å². The molecular formula is C13H16N2O4S. The van der Waals surface area contributed by atoms with E-state index >= 15 is 0 Å². The van der Waals surface area contributed by atoms with Gasteiger partial charge in [0.25, 0.3) is 0 Å². The number of hydroxylamine groups is 1. The lowest BCUT2D eigenvalue weighted by atomic mass is 10.2. The van der Waals surface area contributed by atoms with Gasteiger partial charge in [0.05, 0.1) is 12.9 Å². The van der Waals surface area contributed by atoms with Crippen molar-refractivity contribution in [1.82, 2.24) is 10.4 Å². The average Bonchev–Trinajstić information content (AvgIpc) is 2.86. The number of hydrogen-bond donors (Lipinski definition) is 2. The Balaban J connectivity index is 2.08. The lowest BCUT2D eigenvalue weighted by Gasteiger charge is -2.24. The fourth-order valence-corrected chi connectivity index (χ4v) is 3.24. The molecule has 1 aliphatic heterocycles. The molecule has 0 radical (unpaired) electrons. The van der Waals surface area contributed by atoms with Gasteiger partial charge in [-0.05, 0) is 17.7 Å². The number of rotatable bonds is 5. The molecule has 1 aromatic carbocycles. The summed E-state index contributed by atoms with van der Waals surface area (Å²) in [6, 6.07) is 7.51. The van der Waals surface area contributed by atoms with Crippen LogP contribution in [0.3, 0.4) is 0 Å². The highest BCUT2D eigenvalue weighted by Gasteiger charge is 2.32. The van der Waals surface area contributed by atoms with Crippen LogP contribution in [0.15, 0.2) is 24.3 Å². The van der Waals surface area contributed by atoms with Gasteiger partial charge in [-0.1, -0.05) is 12.1 Å². The van der Waals surface area contributed by atoms with E-state index < -0.39 is 5.91 Å². The summed E-state index contributed by atoms with van der Waals surface area (Å²) in [6.45, 7) is 0.287. The van der Waals surface area contributed by atoms with Gasteiger partial charge in [-0.2, -0.15) is 0 Å². The number of ether oxygens (including phenoxy) is 1. The summed E-state index contributed by atoms with van der Waals surface area (Å²) >= 11 is 1.53. The minimum absolute atomic E-state index is 0.00144. The third kappa shape index (κ3) is 3.23. The molecule has 0 saturated carbocycles. The molecule has 20 heavy (non-hydrogen) atoms. The Hall–Kier alpha value is -1.73. The number of carbonyl (C=O) groups excluding carboxylic acids is 2. The van der Waals surface area contributed by atoms with E-state index in [0.29, 0.717) is 5.75 Å². The van der Waals surface area contributed by atoms with Crippen LogP contribution in [0.25, 0.3) is 0 Å². The molecule has 2 rings (SSSR count). The van der Waals surface area contributed by atoms with Crippen LogP contribution in [-0.4, -0.2) is 41.3 Å². The molecule has 1 atom stereocenters. The van der Waals surface area contributed by atoms with Gasteiger partial charge in [0.15, 0.2) is 0 Å². The van der Waals surface area contributed by atoms with Crippen molar-refractivity contribution in [1.29, 1.82) is 0 Å². The topological polar surface area (TPSA) is 78.9 Å². The second-order valence-corrected chi connectivity index (χ2v) is 5.38. The van der Waals surface area contributed by atoms with Gasteiger partial charge in [0.1, 0.15) is 11.1 Å². The van der Waals surface area contributed by atoms with E-state index in [-0.39, 0.29) is 24.2 Å². The number of benzene rings is 1. The van der Waals surface area contributed by atoms with Crippen LogP contribution in [0.4, 0.5) is 0 Å². The minimum atomic E-state index is -0.497. The number of thioether (sulfide) groups is 1. The maximum absolute atomic E-state index is 11.9. The van der Waals surface area contributed by atoms with E-state index in [0.717, 1.165) is 11.3 Å². The van der Waals surface area contributed by atoms with Crippen LogP contribution in [0.5, 0.6) is 5.75 Å². The van der Waals surface area contributed by atoms with Crippen molar-refractivity contribution in [3.05, 3.63) is 29.8 Å². The van der Waals surface area contributed by atoms with E-state index in [1.54, 1.807) is 17.5 Å². The predicted octanol–water partition coefficient (Wildman–Crippen LogP) is 1.16. The van der Waals surface area contributed by atoms with E-state index in [9.17, 15) is 9.59 Å². The molecule has 1 saturated heterocycles. The molecule has 7 heteroatoms. The Labute approximate surface area is 121 Å². The van der Waals surface area contributed by atoms with Crippen LogP contribution in [0, 0.1) is 0 Å². The number of carbonyl (C=O) groups is 2. The second-order valence-electron chi connectivity index (χ2n) is 4.31. The minimum Gasteiger partial charge on any atom is -0.497 e. The highest BCUT2D eigenvalue weighted by molar-refractivity contribution is 8.00. The highest BCUT2D eigenvalue weighted by Crippen LogP contribution is 2.38. The van der Waals surface area contributed by atoms with Crippen LogP contribution < -0.4 is 10.2 Å². The van der Waals surface area contributed by atoms with Crippen molar-refractivity contribution in [3.63, 3.8) is 0 Å². The zero-order valence-electron chi connectivity index (χ0n) is 11.0. The maximum Gasteiger partial charge on any atom is 0.245 e. The van der Waals surface area contributed by atoms with Crippen molar-refractivity contribution in [3.8, 4) is 5.75 Å². The molecule has 0 aromatic heterocycles. The molecule has 2 N–H and O–H groups in total. The molecule has 1 unspecified atom stereocenters. The molecular weight excluding hydrogens is 280 g/mol. The zero-order valence-corrected chi connectivity index (χ0v) is 11.9. The number of nitrogens with zero attached hydrogens (tertiary/aromatic N) is 1. The van der Waals surface area contributed by atoms with Crippen molar-refractivity contribution in [2.45, 2.75) is 11.8 Å². The van der Waals surface area contributed by atoms with Gasteiger partial charge >= 0.3 is 0 Å². The first-order chi connectivity index (χ1) is 9.65. The molecule has 1 aromatic rings. The predicted molar refractivity (Wildman–Crippen MR) is 74.5 cm³/mol. The quantitative estimate of drug-likeness (QED) is 0.630. The summed E-state index contributed by atoms with van der Waals surface area (Å²) in [7, 11) is 1.60. The van der Waals surface area contributed by atoms with Gasteiger partial charge < -0.3 is 9.64 Å². The van der Waals surface area contributed by atoms with E-state index in [4.69, 9.17) is 9.94 Å². The number of hydrogen-bond acceptors (Lipinski definition) is 5. The maximum atomic E-state index is 11.9. The SMILES string of the molecule is COc1ccc(C2SCC(=O)N2CCC(=O)NO)cc1. The molecule has 108 valence electrons. The fourth-order valence-electron chi connectivity index (χ4n) is 2.02. The molecule has 0 spiro atoms. The Morgan fingerprint density at radius 2 is 2.20 bits per heavy atom. The number of nitrogens with one attached hydrogen (secondary N) is 1. The van der Waals surface area contributed by atoms with Crippen LogP contribution in [0.2, 0.25) is 0 Å². The fraction of sp³-hybridized carbons (Fsp3) is 0.385. The molecule has 1 heterocycles. The Kier molecular flexibility index (Phi) is 4.86. The molecule has 1 aliphatic rings. The lowest BCUT2D eigenvalue weighted by molar-refractivity contribution is -0.131. The number of methoxy groups -OCH3 is 1. The monoisotopic (exact) mass is 296 g/mol. The molecule has 6 nitrogen and oxygen atoms in total. The average molecular weight is 296 g/mol. The van der Waals surface area contributed by atoms with Crippen molar-refractivity contribution >= 4 is 23.6 Å². The normalized spacial score (nSPS) is 18.2. The van der Waals surface area contributed by atoms with Crippen molar-refractivity contribution in [2.75, 3.05) is 19.4 Å². The summed E-state index contributed by atoms with van der Waals surface area (Å²) in [5, 5.41) is 8.40. The first-order valence-electron chi connectivity index (χ1n) is 6.13. The van der Waals surface area contributed by atoms with Gasteiger partial charge in [0.2, 0.25) is 11.8 Å². The first-order valence-corrected chi connectivity index (χ1v) is 7.18. The lowest BCUT2D eigenvalue weighted by Crippen LogP contribution is -2.32. The molecule has 2 amide bonds. The third-order valence-electron chi connectivity index (χ3n) is 3.07. The molecule has 0 bridgehead atoms. The summed E-state index contributed by atoms with van der Waals surface area (Å²) in [5.74, 6) is 0.663. The Morgan fingerprint density at radius 3 is 2.80 bits per heavy atom. The van der Waals surface area contributed by atoms with Gasteiger partial charge in [0, 0.05) is 13.0 Å². The van der Waals surface area contributed by atoms with E-state index in [2.05, 4.69) is 0 Å². The van der Waals surface area contributed by atoms with Gasteiger partial charge in [-0.3, -0.25) is 14.8 Å². The molecule has 0 aliphatic carbocycles. The summed E-state index contributed by atoms with van der Waals surface area (Å²) in [4.78, 5) is 24.6. The molecule has 1 fully saturated rings. The third-order valence-corrected chi connectivity index (χ3v) is 4.33. The number of amides is 2. The zero-order chi connectivity index (χ0) is 14.5. The Morgan fingerprint density at radius 1 is 1.50 bits per heavy atom. The summed E-state index contributed by atoms with van der Waals surface area (Å²) < 4.78 is 5.11. The van der Waals surface area contributed by atoms with Crippen LogP contribution in [-0.2, 0) is 9.59 Å². The first kappa shape index (κ1) is 14.7. The summed E-state index contributed by atoms with van der Waals surface area (Å²) in [5.41, 5.74) is 2.56. The Bertz CT molecular complexity index is 492. The standard InChI is InChI=1S/C13H16N2O4S/c1-19-10-4-2-9(3-5-10)13-15(12(17)8-20-13)7-6-11(16)14-18/h2-5,13,18H,6-8H2,1H3,(H,14,16). The van der Waals surface area contributed by atoms with E-state index in [1.165, 1.54) is 11.8 Å². The second kappa shape index (κ2) is 6.62. The van der Waals surface area contributed by atoms with Gasteiger partial charge in [-0.25, -0.2) is 5.48 Å².